The minimum Gasteiger partial charge on any atom is -0.340 e. The van der Waals surface area contributed by atoms with Crippen LogP contribution in [0.4, 0.5) is 0 Å². The molecule has 2 aromatic heterocycles. The van der Waals surface area contributed by atoms with Gasteiger partial charge in [0.05, 0.1) is 10.7 Å². The van der Waals surface area contributed by atoms with Crippen LogP contribution in [0.15, 0.2) is 34.2 Å². The van der Waals surface area contributed by atoms with Gasteiger partial charge in [-0.15, -0.1) is 11.3 Å². The van der Waals surface area contributed by atoms with Gasteiger partial charge < -0.3 is 9.42 Å². The Kier molecular flexibility index (Phi) is 7.32. The van der Waals surface area contributed by atoms with E-state index in [0.717, 1.165) is 50.4 Å². The molecule has 7 nitrogen and oxygen atoms in total. The molecule has 0 bridgehead atoms. The second-order valence-corrected chi connectivity index (χ2v) is 9.47. The average Bonchev–Trinajstić information content (AvgIpc) is 3.47. The van der Waals surface area contributed by atoms with Crippen molar-refractivity contribution in [3.8, 4) is 11.4 Å². The Morgan fingerprint density at radius 2 is 1.88 bits per heavy atom. The quantitative estimate of drug-likeness (QED) is 0.510. The van der Waals surface area contributed by atoms with E-state index in [1.165, 1.54) is 10.6 Å². The molecular weight excluding hydrogens is 422 g/mol. The topological polar surface area (TPSA) is 75.4 Å². The summed E-state index contributed by atoms with van der Waals surface area (Å²) >= 11 is 1.73. The number of benzene rings is 1. The first-order valence-corrected chi connectivity index (χ1v) is 12.3. The molecule has 3 aromatic rings. The molecule has 1 aromatic carbocycles. The van der Waals surface area contributed by atoms with E-state index in [0.29, 0.717) is 30.5 Å². The van der Waals surface area contributed by atoms with Crippen LogP contribution in [0, 0.1) is 0 Å². The minimum absolute atomic E-state index is 0.146. The van der Waals surface area contributed by atoms with Crippen LogP contribution in [0.2, 0.25) is 0 Å². The van der Waals surface area contributed by atoms with Gasteiger partial charge in [-0.1, -0.05) is 50.2 Å². The van der Waals surface area contributed by atoms with Gasteiger partial charge in [-0.2, -0.15) is 4.98 Å². The van der Waals surface area contributed by atoms with E-state index in [-0.39, 0.29) is 5.91 Å². The Hall–Kier alpha value is -2.58. The van der Waals surface area contributed by atoms with E-state index >= 15 is 0 Å². The molecule has 1 aliphatic rings. The lowest BCUT2D eigenvalue weighted by Gasteiger charge is -2.34. The van der Waals surface area contributed by atoms with Crippen molar-refractivity contribution in [3.63, 3.8) is 0 Å². The molecule has 0 N–H and O–H groups in total. The lowest BCUT2D eigenvalue weighted by Crippen LogP contribution is -2.48. The summed E-state index contributed by atoms with van der Waals surface area (Å²) in [6, 6.07) is 8.22. The standard InChI is InChI=1S/C24H31N5O2S/c1-4-22-25-20(16-32-22)15-28-11-13-29(14-12-28)23(30)10-9-21-26-24(27-31-21)19-7-5-18(6-8-19)17(2)3/h5-8,16-17H,4,9-15H2,1-3H3. The maximum absolute atomic E-state index is 12.7. The molecule has 1 aliphatic heterocycles. The van der Waals surface area contributed by atoms with E-state index in [4.69, 9.17) is 4.52 Å². The number of thiazole rings is 1. The molecule has 8 heteroatoms. The van der Waals surface area contributed by atoms with Gasteiger partial charge in [-0.05, 0) is 17.9 Å². The number of piperazine rings is 1. The molecule has 1 fully saturated rings. The summed E-state index contributed by atoms with van der Waals surface area (Å²) in [6.45, 7) is 10.6. The van der Waals surface area contributed by atoms with Gasteiger partial charge in [-0.3, -0.25) is 9.69 Å². The molecule has 0 radical (unpaired) electrons. The second-order valence-electron chi connectivity index (χ2n) is 8.53. The van der Waals surface area contributed by atoms with Crippen molar-refractivity contribution in [2.24, 2.45) is 0 Å². The molecule has 0 atom stereocenters. The third-order valence-electron chi connectivity index (χ3n) is 5.87. The SMILES string of the molecule is CCc1nc(CN2CCN(C(=O)CCc3nc(-c4ccc(C(C)C)cc4)no3)CC2)cs1. The maximum atomic E-state index is 12.7. The minimum atomic E-state index is 0.146. The van der Waals surface area contributed by atoms with Crippen LogP contribution in [0.3, 0.4) is 0 Å². The van der Waals surface area contributed by atoms with Crippen molar-refractivity contribution < 1.29 is 9.32 Å². The number of carbonyl (C=O) groups is 1. The van der Waals surface area contributed by atoms with E-state index in [1.807, 2.05) is 17.0 Å². The number of carbonyl (C=O) groups excluding carboxylic acids is 1. The number of hydrogen-bond donors (Lipinski definition) is 0. The highest BCUT2D eigenvalue weighted by molar-refractivity contribution is 7.09. The molecule has 3 heterocycles. The highest BCUT2D eigenvalue weighted by atomic mass is 32.1. The zero-order valence-corrected chi connectivity index (χ0v) is 19.9. The summed E-state index contributed by atoms with van der Waals surface area (Å²) in [5, 5.41) is 7.42. The molecule has 0 aliphatic carbocycles. The van der Waals surface area contributed by atoms with Gasteiger partial charge in [0.15, 0.2) is 0 Å². The summed E-state index contributed by atoms with van der Waals surface area (Å²) < 4.78 is 5.38. The van der Waals surface area contributed by atoms with Gasteiger partial charge in [0, 0.05) is 56.5 Å². The van der Waals surface area contributed by atoms with Crippen LogP contribution in [-0.2, 0) is 24.2 Å². The van der Waals surface area contributed by atoms with Crippen LogP contribution in [0.5, 0.6) is 0 Å². The Labute approximate surface area is 193 Å². The zero-order chi connectivity index (χ0) is 22.5. The molecule has 4 rings (SSSR count). The fourth-order valence-electron chi connectivity index (χ4n) is 3.83. The van der Waals surface area contributed by atoms with Gasteiger partial charge >= 0.3 is 0 Å². The molecule has 1 amide bonds. The fraction of sp³-hybridized carbons (Fsp3) is 0.500. The van der Waals surface area contributed by atoms with Gasteiger partial charge in [-0.25, -0.2) is 4.98 Å². The lowest BCUT2D eigenvalue weighted by molar-refractivity contribution is -0.133. The number of rotatable bonds is 8. The molecule has 32 heavy (non-hydrogen) atoms. The van der Waals surface area contributed by atoms with E-state index in [1.54, 1.807) is 11.3 Å². The van der Waals surface area contributed by atoms with Crippen molar-refractivity contribution in [1.29, 1.82) is 0 Å². The lowest BCUT2D eigenvalue weighted by atomic mass is 10.0. The largest absolute Gasteiger partial charge is 0.340 e. The highest BCUT2D eigenvalue weighted by Crippen LogP contribution is 2.21. The summed E-state index contributed by atoms with van der Waals surface area (Å²) in [4.78, 5) is 26.1. The molecule has 1 saturated heterocycles. The number of aryl methyl sites for hydroxylation is 2. The Bertz CT molecular complexity index is 1020. The second kappa shape index (κ2) is 10.4. The Balaban J connectivity index is 1.23. The predicted octanol–water partition coefficient (Wildman–Crippen LogP) is 4.16. The van der Waals surface area contributed by atoms with Crippen molar-refractivity contribution in [2.45, 2.75) is 52.5 Å². The highest BCUT2D eigenvalue weighted by Gasteiger charge is 2.22. The summed E-state index contributed by atoms with van der Waals surface area (Å²) in [7, 11) is 0. The Morgan fingerprint density at radius 1 is 1.12 bits per heavy atom. The number of aromatic nitrogens is 3. The molecule has 170 valence electrons. The first-order chi connectivity index (χ1) is 15.5. The summed E-state index contributed by atoms with van der Waals surface area (Å²) in [5.74, 6) is 1.71. The zero-order valence-electron chi connectivity index (χ0n) is 19.1. The third-order valence-corrected chi connectivity index (χ3v) is 6.91. The van der Waals surface area contributed by atoms with Crippen molar-refractivity contribution in [2.75, 3.05) is 26.2 Å². The van der Waals surface area contributed by atoms with E-state index in [2.05, 4.69) is 58.3 Å². The van der Waals surface area contributed by atoms with Crippen molar-refractivity contribution >= 4 is 17.2 Å². The van der Waals surface area contributed by atoms with Crippen LogP contribution in [0.1, 0.15) is 55.3 Å². The van der Waals surface area contributed by atoms with Crippen LogP contribution in [-0.4, -0.2) is 57.0 Å². The monoisotopic (exact) mass is 453 g/mol. The van der Waals surface area contributed by atoms with Crippen LogP contribution >= 0.6 is 11.3 Å². The molecule has 0 unspecified atom stereocenters. The van der Waals surface area contributed by atoms with Crippen molar-refractivity contribution in [1.82, 2.24) is 24.9 Å². The van der Waals surface area contributed by atoms with E-state index < -0.39 is 0 Å². The summed E-state index contributed by atoms with van der Waals surface area (Å²) in [6.07, 6.45) is 1.84. The van der Waals surface area contributed by atoms with Crippen LogP contribution < -0.4 is 0 Å². The van der Waals surface area contributed by atoms with E-state index in [9.17, 15) is 4.79 Å². The smallest absolute Gasteiger partial charge is 0.227 e. The molecule has 0 spiro atoms. The fourth-order valence-corrected chi connectivity index (χ4v) is 4.57. The number of hydrogen-bond acceptors (Lipinski definition) is 7. The number of amides is 1. The molecular formula is C24H31N5O2S. The maximum Gasteiger partial charge on any atom is 0.227 e. The number of nitrogens with zero attached hydrogens (tertiary/aromatic N) is 5. The average molecular weight is 454 g/mol. The van der Waals surface area contributed by atoms with Crippen LogP contribution in [0.25, 0.3) is 11.4 Å². The van der Waals surface area contributed by atoms with Gasteiger partial charge in [0.1, 0.15) is 0 Å². The Morgan fingerprint density at radius 3 is 2.53 bits per heavy atom. The van der Waals surface area contributed by atoms with Crippen molar-refractivity contribution in [3.05, 3.63) is 51.8 Å². The predicted molar refractivity (Wildman–Crippen MR) is 125 cm³/mol. The summed E-state index contributed by atoms with van der Waals surface area (Å²) in [5.41, 5.74) is 3.34. The normalized spacial score (nSPS) is 14.9. The third kappa shape index (κ3) is 5.61. The molecule has 0 saturated carbocycles. The van der Waals surface area contributed by atoms with Gasteiger partial charge in [0.2, 0.25) is 17.6 Å². The first-order valence-electron chi connectivity index (χ1n) is 11.4. The first kappa shape index (κ1) is 22.6. The van der Waals surface area contributed by atoms with Gasteiger partial charge in [0.25, 0.3) is 0 Å².